The number of aryl methyl sites for hydroxylation is 2. The monoisotopic (exact) mass is 414 g/mol. The quantitative estimate of drug-likeness (QED) is 0.681. The molecular formula is C24H31ClN2O2. The topological polar surface area (TPSA) is 49.4 Å². The Morgan fingerprint density at radius 3 is 2.31 bits per heavy atom. The van der Waals surface area contributed by atoms with Crippen LogP contribution in [0.1, 0.15) is 43.0 Å². The molecule has 29 heavy (non-hydrogen) atoms. The van der Waals surface area contributed by atoms with Crippen molar-refractivity contribution >= 4 is 23.4 Å². The molecule has 2 amide bonds. The largest absolute Gasteiger partial charge is 0.354 e. The number of nitrogens with zero attached hydrogens (tertiary/aromatic N) is 1. The Hall–Kier alpha value is -2.33. The average molecular weight is 415 g/mol. The van der Waals surface area contributed by atoms with Gasteiger partial charge in [-0.15, -0.1) is 0 Å². The third-order valence-electron chi connectivity index (χ3n) is 4.96. The van der Waals surface area contributed by atoms with Crippen LogP contribution in [0.25, 0.3) is 0 Å². The van der Waals surface area contributed by atoms with Crippen LogP contribution >= 0.6 is 11.6 Å². The minimum atomic E-state index is -0.568. The van der Waals surface area contributed by atoms with Crippen molar-refractivity contribution in [3.8, 4) is 0 Å². The fourth-order valence-corrected chi connectivity index (χ4v) is 3.20. The molecule has 0 fully saturated rings. The molecule has 2 aromatic carbocycles. The molecule has 0 spiro atoms. The first kappa shape index (κ1) is 23.0. The van der Waals surface area contributed by atoms with Crippen molar-refractivity contribution in [3.63, 3.8) is 0 Å². The van der Waals surface area contributed by atoms with Gasteiger partial charge in [-0.2, -0.15) is 0 Å². The number of hydrogen-bond donors (Lipinski definition) is 1. The second-order valence-electron chi connectivity index (χ2n) is 8.07. The number of benzene rings is 2. The number of hydrogen-bond acceptors (Lipinski definition) is 2. The number of rotatable bonds is 8. The van der Waals surface area contributed by atoms with E-state index in [0.717, 1.165) is 22.3 Å². The average Bonchev–Trinajstić information content (AvgIpc) is 2.67. The lowest BCUT2D eigenvalue weighted by Gasteiger charge is -2.29. The van der Waals surface area contributed by atoms with Gasteiger partial charge in [0.2, 0.25) is 11.8 Å². The van der Waals surface area contributed by atoms with E-state index < -0.39 is 6.04 Å². The van der Waals surface area contributed by atoms with Gasteiger partial charge in [-0.1, -0.05) is 61.3 Å². The van der Waals surface area contributed by atoms with Crippen LogP contribution in [0.5, 0.6) is 0 Å². The third kappa shape index (κ3) is 6.90. The van der Waals surface area contributed by atoms with E-state index in [4.69, 9.17) is 11.6 Å². The zero-order valence-corrected chi connectivity index (χ0v) is 18.7. The third-order valence-corrected chi connectivity index (χ3v) is 5.22. The summed E-state index contributed by atoms with van der Waals surface area (Å²) < 4.78 is 0. The summed E-state index contributed by atoms with van der Waals surface area (Å²) in [5, 5.41) is 3.59. The Morgan fingerprint density at radius 1 is 1.03 bits per heavy atom. The number of nitrogens with one attached hydrogen (secondary N) is 1. The van der Waals surface area contributed by atoms with Crippen LogP contribution in [0, 0.1) is 19.8 Å². The number of carbonyl (C=O) groups excluding carboxylic acids is 2. The molecule has 5 heteroatoms. The molecule has 2 aromatic rings. The van der Waals surface area contributed by atoms with Crippen LogP contribution in [0.2, 0.25) is 5.02 Å². The Labute approximate surface area is 179 Å². The first-order valence-corrected chi connectivity index (χ1v) is 10.4. The summed E-state index contributed by atoms with van der Waals surface area (Å²) in [6.07, 6.45) is 0.267. The van der Waals surface area contributed by atoms with E-state index in [-0.39, 0.29) is 18.2 Å². The summed E-state index contributed by atoms with van der Waals surface area (Å²) in [5.41, 5.74) is 4.12. The van der Waals surface area contributed by atoms with E-state index in [0.29, 0.717) is 24.0 Å². The Kier molecular flexibility index (Phi) is 8.27. The summed E-state index contributed by atoms with van der Waals surface area (Å²) >= 11 is 5.99. The zero-order chi connectivity index (χ0) is 21.6. The molecule has 0 unspecified atom stereocenters. The highest BCUT2D eigenvalue weighted by Gasteiger charge is 2.26. The number of carbonyl (C=O) groups is 2. The molecule has 0 bridgehead atoms. The summed E-state index contributed by atoms with van der Waals surface area (Å²) in [6.45, 7) is 10.8. The van der Waals surface area contributed by atoms with Crippen molar-refractivity contribution in [2.24, 2.45) is 5.92 Å². The molecule has 0 saturated heterocycles. The summed E-state index contributed by atoms with van der Waals surface area (Å²) in [4.78, 5) is 27.6. The fraction of sp³-hybridized carbons (Fsp3) is 0.417. The number of amides is 2. The van der Waals surface area contributed by atoms with Gasteiger partial charge < -0.3 is 10.2 Å². The number of halogens is 1. The van der Waals surface area contributed by atoms with Gasteiger partial charge in [0.05, 0.1) is 6.42 Å². The molecule has 0 heterocycles. The highest BCUT2D eigenvalue weighted by atomic mass is 35.5. The van der Waals surface area contributed by atoms with Crippen molar-refractivity contribution in [2.75, 3.05) is 6.54 Å². The second-order valence-corrected chi connectivity index (χ2v) is 8.51. The zero-order valence-electron chi connectivity index (χ0n) is 18.0. The van der Waals surface area contributed by atoms with Crippen LogP contribution in [-0.2, 0) is 22.6 Å². The molecule has 0 aliphatic carbocycles. The van der Waals surface area contributed by atoms with Gasteiger partial charge in [-0.05, 0) is 55.5 Å². The molecule has 0 saturated carbocycles. The fourth-order valence-electron chi connectivity index (χ4n) is 3.08. The van der Waals surface area contributed by atoms with Crippen LogP contribution in [0.15, 0.2) is 42.5 Å². The molecule has 4 nitrogen and oxygen atoms in total. The molecule has 0 aromatic heterocycles. The lowest BCUT2D eigenvalue weighted by atomic mass is 10.0. The van der Waals surface area contributed by atoms with Gasteiger partial charge in [0.1, 0.15) is 6.04 Å². The molecule has 0 radical (unpaired) electrons. The summed E-state index contributed by atoms with van der Waals surface area (Å²) in [6, 6.07) is 12.9. The lowest BCUT2D eigenvalue weighted by Crippen LogP contribution is -2.48. The Balaban J connectivity index is 2.24. The first-order valence-electron chi connectivity index (χ1n) is 10.0. The van der Waals surface area contributed by atoms with Crippen molar-refractivity contribution in [1.82, 2.24) is 10.2 Å². The van der Waals surface area contributed by atoms with Crippen LogP contribution in [-0.4, -0.2) is 29.3 Å². The van der Waals surface area contributed by atoms with Gasteiger partial charge >= 0.3 is 0 Å². The second kappa shape index (κ2) is 10.4. The lowest BCUT2D eigenvalue weighted by molar-refractivity contribution is -0.140. The van der Waals surface area contributed by atoms with Crippen LogP contribution in [0.4, 0.5) is 0 Å². The Bertz CT molecular complexity index is 846. The molecule has 0 aliphatic heterocycles. The molecule has 1 N–H and O–H groups in total. The van der Waals surface area contributed by atoms with Gasteiger partial charge in [0.15, 0.2) is 0 Å². The van der Waals surface area contributed by atoms with Gasteiger partial charge in [-0.25, -0.2) is 0 Å². The molecule has 0 aliphatic rings. The van der Waals surface area contributed by atoms with Crippen molar-refractivity contribution in [3.05, 3.63) is 69.7 Å². The van der Waals surface area contributed by atoms with E-state index in [1.807, 2.05) is 58.0 Å². The maximum Gasteiger partial charge on any atom is 0.242 e. The molecule has 2 rings (SSSR count). The first-order chi connectivity index (χ1) is 13.7. The summed E-state index contributed by atoms with van der Waals surface area (Å²) in [7, 11) is 0. The predicted octanol–water partition coefficient (Wildman–Crippen LogP) is 4.69. The van der Waals surface area contributed by atoms with Crippen molar-refractivity contribution in [2.45, 2.75) is 53.6 Å². The van der Waals surface area contributed by atoms with E-state index in [1.165, 1.54) is 0 Å². The molecule has 1 atom stereocenters. The normalized spacial score (nSPS) is 12.0. The van der Waals surface area contributed by atoms with Gasteiger partial charge in [-0.3, -0.25) is 9.59 Å². The molecule has 156 valence electrons. The predicted molar refractivity (Wildman–Crippen MR) is 119 cm³/mol. The minimum absolute atomic E-state index is 0.0687. The van der Waals surface area contributed by atoms with E-state index >= 15 is 0 Å². The van der Waals surface area contributed by atoms with E-state index in [1.54, 1.807) is 24.0 Å². The highest BCUT2D eigenvalue weighted by Crippen LogP contribution is 2.17. The Morgan fingerprint density at radius 2 is 1.69 bits per heavy atom. The standard InChI is InChI=1S/C24H31ClN2O2/c1-16(2)14-26-24(29)19(5)27(15-20-8-10-22(25)11-9-20)23(28)13-21-12-17(3)6-7-18(21)4/h6-12,16,19H,13-15H2,1-5H3,(H,26,29)/t19-/m0/s1. The van der Waals surface area contributed by atoms with Gasteiger partial charge in [0.25, 0.3) is 0 Å². The van der Waals surface area contributed by atoms with E-state index in [9.17, 15) is 9.59 Å². The maximum absolute atomic E-state index is 13.3. The summed E-state index contributed by atoms with van der Waals surface area (Å²) in [5.74, 6) is 0.143. The smallest absolute Gasteiger partial charge is 0.242 e. The highest BCUT2D eigenvalue weighted by molar-refractivity contribution is 6.30. The van der Waals surface area contributed by atoms with Crippen molar-refractivity contribution < 1.29 is 9.59 Å². The SMILES string of the molecule is Cc1ccc(C)c(CC(=O)N(Cc2ccc(Cl)cc2)[C@@H](C)C(=O)NCC(C)C)c1. The maximum atomic E-state index is 13.3. The van der Waals surface area contributed by atoms with Crippen molar-refractivity contribution in [1.29, 1.82) is 0 Å². The van der Waals surface area contributed by atoms with E-state index in [2.05, 4.69) is 5.32 Å². The minimum Gasteiger partial charge on any atom is -0.354 e. The van der Waals surface area contributed by atoms with Gasteiger partial charge in [0, 0.05) is 18.1 Å². The molecular weight excluding hydrogens is 384 g/mol. The van der Waals surface area contributed by atoms with Crippen LogP contribution < -0.4 is 5.32 Å². The van der Waals surface area contributed by atoms with Crippen LogP contribution in [0.3, 0.4) is 0 Å².